The molecule has 1 heterocycles. The summed E-state index contributed by atoms with van der Waals surface area (Å²) in [5, 5.41) is 16.1. The highest BCUT2D eigenvalue weighted by Crippen LogP contribution is 2.20. The Morgan fingerprint density at radius 1 is 1.50 bits per heavy atom. The van der Waals surface area contributed by atoms with E-state index >= 15 is 0 Å². The van der Waals surface area contributed by atoms with Crippen LogP contribution in [0.15, 0.2) is 30.6 Å². The summed E-state index contributed by atoms with van der Waals surface area (Å²) in [6.07, 6.45) is 2.72. The van der Waals surface area contributed by atoms with Gasteiger partial charge < -0.3 is 0 Å². The average molecular weight is 339 g/mol. The third kappa shape index (κ3) is 3.41. The molecule has 1 aromatic carbocycles. The maximum atomic E-state index is 10.8. The van der Waals surface area contributed by atoms with Gasteiger partial charge in [0.05, 0.1) is 4.92 Å². The van der Waals surface area contributed by atoms with Gasteiger partial charge in [-0.25, -0.2) is 4.98 Å². The van der Waals surface area contributed by atoms with Gasteiger partial charge in [-0.1, -0.05) is 41.4 Å². The Morgan fingerprint density at radius 3 is 2.95 bits per heavy atom. The highest BCUT2D eigenvalue weighted by Gasteiger charge is 2.12. The van der Waals surface area contributed by atoms with Gasteiger partial charge in [-0.15, -0.1) is 0 Å². The van der Waals surface area contributed by atoms with Crippen molar-refractivity contribution in [2.45, 2.75) is 19.9 Å². The van der Waals surface area contributed by atoms with E-state index in [1.54, 1.807) is 23.1 Å². The molecule has 0 spiro atoms. The number of rotatable bonds is 6. The molecule has 0 fully saturated rings. The Morgan fingerprint density at radius 2 is 2.30 bits per heavy atom. The molecule has 7 heteroatoms. The predicted molar refractivity (Wildman–Crippen MR) is 79.7 cm³/mol. The lowest BCUT2D eigenvalue weighted by atomic mass is 10.1. The standard InChI is InChI=1S/C13H15BrN4O2/c1-2-10(7-14)8-17-9-15-13(16-17)11-4-3-5-12(6-11)18(19)20/h3-6,9-10H,2,7-8H2,1H3. The van der Waals surface area contributed by atoms with Gasteiger partial charge in [-0.3, -0.25) is 14.8 Å². The van der Waals surface area contributed by atoms with Crippen LogP contribution >= 0.6 is 15.9 Å². The first kappa shape index (κ1) is 14.6. The number of hydrogen-bond acceptors (Lipinski definition) is 4. The van der Waals surface area contributed by atoms with Crippen LogP contribution in [0.4, 0.5) is 5.69 Å². The fourth-order valence-electron chi connectivity index (χ4n) is 1.82. The number of alkyl halides is 1. The monoisotopic (exact) mass is 338 g/mol. The van der Waals surface area contributed by atoms with E-state index < -0.39 is 4.92 Å². The highest BCUT2D eigenvalue weighted by molar-refractivity contribution is 9.09. The minimum absolute atomic E-state index is 0.0470. The third-order valence-electron chi connectivity index (χ3n) is 3.09. The first-order chi connectivity index (χ1) is 9.63. The van der Waals surface area contributed by atoms with E-state index in [1.807, 2.05) is 0 Å². The van der Waals surface area contributed by atoms with Gasteiger partial charge in [0.25, 0.3) is 5.69 Å². The van der Waals surface area contributed by atoms with Crippen LogP contribution in [0.25, 0.3) is 11.4 Å². The topological polar surface area (TPSA) is 73.8 Å². The van der Waals surface area contributed by atoms with Crippen molar-refractivity contribution >= 4 is 21.6 Å². The molecule has 0 aliphatic heterocycles. The molecular weight excluding hydrogens is 324 g/mol. The van der Waals surface area contributed by atoms with Crippen molar-refractivity contribution in [2.75, 3.05) is 5.33 Å². The molecule has 106 valence electrons. The Labute approximate surface area is 125 Å². The van der Waals surface area contributed by atoms with Gasteiger partial charge in [0, 0.05) is 29.6 Å². The molecule has 1 aromatic heterocycles. The third-order valence-corrected chi connectivity index (χ3v) is 4.01. The predicted octanol–water partition coefficient (Wildman–Crippen LogP) is 3.27. The van der Waals surface area contributed by atoms with Crippen LogP contribution < -0.4 is 0 Å². The average Bonchev–Trinajstić information content (AvgIpc) is 2.93. The largest absolute Gasteiger partial charge is 0.270 e. The normalized spacial score (nSPS) is 12.3. The molecular formula is C13H15BrN4O2. The van der Waals surface area contributed by atoms with E-state index in [2.05, 4.69) is 32.9 Å². The van der Waals surface area contributed by atoms with E-state index in [-0.39, 0.29) is 5.69 Å². The molecule has 0 radical (unpaired) electrons. The molecule has 20 heavy (non-hydrogen) atoms. The van der Waals surface area contributed by atoms with E-state index in [0.29, 0.717) is 17.3 Å². The van der Waals surface area contributed by atoms with Gasteiger partial charge in [0.2, 0.25) is 0 Å². The van der Waals surface area contributed by atoms with Crippen LogP contribution in [-0.2, 0) is 6.54 Å². The van der Waals surface area contributed by atoms with E-state index in [1.165, 1.54) is 12.1 Å². The molecule has 0 aliphatic rings. The lowest BCUT2D eigenvalue weighted by Gasteiger charge is -2.09. The molecule has 0 N–H and O–H groups in total. The molecule has 6 nitrogen and oxygen atoms in total. The first-order valence-corrected chi connectivity index (χ1v) is 7.46. The zero-order valence-corrected chi connectivity index (χ0v) is 12.7. The van der Waals surface area contributed by atoms with Crippen LogP contribution in [0.3, 0.4) is 0 Å². The molecule has 0 bridgehead atoms. The van der Waals surface area contributed by atoms with Crippen molar-refractivity contribution in [2.24, 2.45) is 5.92 Å². The van der Waals surface area contributed by atoms with Gasteiger partial charge in [-0.05, 0) is 5.92 Å². The number of nitrogens with zero attached hydrogens (tertiary/aromatic N) is 4. The molecule has 0 saturated carbocycles. The number of hydrogen-bond donors (Lipinski definition) is 0. The summed E-state index contributed by atoms with van der Waals surface area (Å²) in [6, 6.07) is 6.36. The van der Waals surface area contributed by atoms with Crippen molar-refractivity contribution in [3.8, 4) is 11.4 Å². The van der Waals surface area contributed by atoms with Crippen LogP contribution in [0.2, 0.25) is 0 Å². The molecule has 1 atom stereocenters. The second kappa shape index (κ2) is 6.60. The van der Waals surface area contributed by atoms with Gasteiger partial charge in [-0.2, -0.15) is 5.10 Å². The zero-order chi connectivity index (χ0) is 14.5. The summed E-state index contributed by atoms with van der Waals surface area (Å²) in [7, 11) is 0. The molecule has 0 amide bonds. The fraction of sp³-hybridized carbons (Fsp3) is 0.385. The smallest absolute Gasteiger partial charge is 0.258 e. The Hall–Kier alpha value is -1.76. The molecule has 0 aliphatic carbocycles. The number of nitro groups is 1. The van der Waals surface area contributed by atoms with Crippen molar-refractivity contribution < 1.29 is 4.92 Å². The van der Waals surface area contributed by atoms with Crippen molar-refractivity contribution in [3.05, 3.63) is 40.7 Å². The Bertz CT molecular complexity index is 596. The fourth-order valence-corrected chi connectivity index (χ4v) is 2.49. The van der Waals surface area contributed by atoms with Gasteiger partial charge in [0.15, 0.2) is 5.82 Å². The minimum atomic E-state index is -0.418. The summed E-state index contributed by atoms with van der Waals surface area (Å²) >= 11 is 3.47. The SMILES string of the molecule is CCC(CBr)Cn1cnc(-c2cccc([N+](=O)[O-])c2)n1. The number of nitro benzene ring substituents is 1. The summed E-state index contributed by atoms with van der Waals surface area (Å²) in [6.45, 7) is 2.91. The lowest BCUT2D eigenvalue weighted by molar-refractivity contribution is -0.384. The van der Waals surface area contributed by atoms with Crippen LogP contribution in [-0.4, -0.2) is 25.0 Å². The second-order valence-corrected chi connectivity index (χ2v) is 5.17. The van der Waals surface area contributed by atoms with E-state index in [4.69, 9.17) is 0 Å². The number of halogens is 1. The Balaban J connectivity index is 2.20. The highest BCUT2D eigenvalue weighted by atomic mass is 79.9. The Kier molecular flexibility index (Phi) is 4.84. The maximum absolute atomic E-state index is 10.8. The van der Waals surface area contributed by atoms with Crippen molar-refractivity contribution in [1.29, 1.82) is 0 Å². The van der Waals surface area contributed by atoms with E-state index in [0.717, 1.165) is 18.3 Å². The molecule has 0 saturated heterocycles. The second-order valence-electron chi connectivity index (χ2n) is 4.53. The van der Waals surface area contributed by atoms with Crippen LogP contribution in [0.1, 0.15) is 13.3 Å². The molecule has 1 unspecified atom stereocenters. The first-order valence-electron chi connectivity index (χ1n) is 6.34. The number of non-ortho nitro benzene ring substituents is 1. The summed E-state index contributed by atoms with van der Waals surface area (Å²) in [5.41, 5.74) is 0.704. The summed E-state index contributed by atoms with van der Waals surface area (Å²) in [5.74, 6) is 1.01. The maximum Gasteiger partial charge on any atom is 0.270 e. The quantitative estimate of drug-likeness (QED) is 0.460. The summed E-state index contributed by atoms with van der Waals surface area (Å²) < 4.78 is 1.78. The lowest BCUT2D eigenvalue weighted by Crippen LogP contribution is -2.11. The van der Waals surface area contributed by atoms with Crippen LogP contribution in [0.5, 0.6) is 0 Å². The van der Waals surface area contributed by atoms with Crippen molar-refractivity contribution in [3.63, 3.8) is 0 Å². The number of benzene rings is 1. The van der Waals surface area contributed by atoms with Gasteiger partial charge in [0.1, 0.15) is 6.33 Å². The minimum Gasteiger partial charge on any atom is -0.258 e. The zero-order valence-electron chi connectivity index (χ0n) is 11.1. The number of aromatic nitrogens is 3. The van der Waals surface area contributed by atoms with Crippen molar-refractivity contribution in [1.82, 2.24) is 14.8 Å². The molecule has 2 rings (SSSR count). The summed E-state index contributed by atoms with van der Waals surface area (Å²) in [4.78, 5) is 14.6. The van der Waals surface area contributed by atoms with Gasteiger partial charge >= 0.3 is 0 Å². The molecule has 2 aromatic rings. The van der Waals surface area contributed by atoms with E-state index in [9.17, 15) is 10.1 Å². The van der Waals surface area contributed by atoms with Crippen LogP contribution in [0, 0.1) is 16.0 Å².